The molecule has 162 valence electrons. The molecule has 2 aromatic carbocycles. The zero-order chi connectivity index (χ0) is 21.8. The van der Waals surface area contributed by atoms with Crippen LogP contribution >= 0.6 is 0 Å². The Morgan fingerprint density at radius 1 is 1.10 bits per heavy atom. The number of rotatable bonds is 5. The van der Waals surface area contributed by atoms with Gasteiger partial charge in [-0.15, -0.1) is 0 Å². The molecule has 1 aromatic heterocycles. The van der Waals surface area contributed by atoms with Crippen molar-refractivity contribution in [2.75, 3.05) is 13.1 Å². The van der Waals surface area contributed by atoms with Gasteiger partial charge in [0.1, 0.15) is 11.9 Å². The van der Waals surface area contributed by atoms with Gasteiger partial charge in [0.15, 0.2) is 5.82 Å². The summed E-state index contributed by atoms with van der Waals surface area (Å²) in [5, 5.41) is 6.82. The molecule has 0 spiro atoms. The van der Waals surface area contributed by atoms with Gasteiger partial charge in [0.2, 0.25) is 0 Å². The molecule has 7 heteroatoms. The number of nitrogens with zero attached hydrogens (tertiary/aromatic N) is 3. The molecule has 0 bridgehead atoms. The minimum Gasteiger partial charge on any atom is -0.490 e. The molecule has 0 atom stereocenters. The maximum Gasteiger partial charge on any atom is 0.317 e. The number of likely N-dealkylation sites (tertiary alicyclic amines) is 1. The van der Waals surface area contributed by atoms with Crippen molar-refractivity contribution in [2.45, 2.75) is 46.3 Å². The van der Waals surface area contributed by atoms with Crippen LogP contribution < -0.4 is 10.1 Å². The summed E-state index contributed by atoms with van der Waals surface area (Å²) in [5.74, 6) is 2.08. The van der Waals surface area contributed by atoms with E-state index < -0.39 is 0 Å². The lowest BCUT2D eigenvalue weighted by atomic mass is 10.1. The van der Waals surface area contributed by atoms with Crippen molar-refractivity contribution in [3.8, 4) is 17.2 Å². The minimum absolute atomic E-state index is 0.0397. The topological polar surface area (TPSA) is 80.5 Å². The van der Waals surface area contributed by atoms with Crippen LogP contribution in [0.4, 0.5) is 4.79 Å². The van der Waals surface area contributed by atoms with Gasteiger partial charge in [-0.25, -0.2) is 4.79 Å². The van der Waals surface area contributed by atoms with Crippen LogP contribution in [0.15, 0.2) is 47.0 Å². The van der Waals surface area contributed by atoms with Gasteiger partial charge >= 0.3 is 6.03 Å². The first-order chi connectivity index (χ1) is 15.0. The fourth-order valence-electron chi connectivity index (χ4n) is 3.80. The first kappa shape index (κ1) is 20.9. The maximum absolute atomic E-state index is 12.6. The average Bonchev–Trinajstić information content (AvgIpc) is 3.22. The quantitative estimate of drug-likeness (QED) is 0.661. The van der Waals surface area contributed by atoms with E-state index in [-0.39, 0.29) is 12.1 Å². The number of carbonyl (C=O) groups excluding carboxylic acids is 1. The molecule has 4 rings (SSSR count). The first-order valence-corrected chi connectivity index (χ1v) is 10.6. The third-order valence-corrected chi connectivity index (χ3v) is 5.59. The van der Waals surface area contributed by atoms with Crippen LogP contribution in [-0.2, 0) is 6.54 Å². The maximum atomic E-state index is 12.6. The normalized spacial score (nSPS) is 14.5. The molecule has 0 unspecified atom stereocenters. The molecular formula is C24H28N4O3. The largest absolute Gasteiger partial charge is 0.490 e. The lowest BCUT2D eigenvalue weighted by Gasteiger charge is -2.32. The Balaban J connectivity index is 1.25. The second-order valence-electron chi connectivity index (χ2n) is 8.03. The third-order valence-electron chi connectivity index (χ3n) is 5.59. The summed E-state index contributed by atoms with van der Waals surface area (Å²) in [5.41, 5.74) is 4.18. The van der Waals surface area contributed by atoms with Gasteiger partial charge in [0, 0.05) is 38.0 Å². The number of piperidine rings is 1. The van der Waals surface area contributed by atoms with Crippen LogP contribution in [0.25, 0.3) is 11.5 Å². The molecule has 31 heavy (non-hydrogen) atoms. The van der Waals surface area contributed by atoms with Crippen molar-refractivity contribution < 1.29 is 14.1 Å². The van der Waals surface area contributed by atoms with Crippen LogP contribution in [0.1, 0.15) is 35.4 Å². The van der Waals surface area contributed by atoms with E-state index in [2.05, 4.69) is 41.4 Å². The van der Waals surface area contributed by atoms with Crippen LogP contribution in [0.2, 0.25) is 0 Å². The molecule has 2 amide bonds. The van der Waals surface area contributed by atoms with Crippen LogP contribution in [0.3, 0.4) is 0 Å². The number of nitrogens with one attached hydrogen (secondary N) is 1. The molecule has 1 N–H and O–H groups in total. The van der Waals surface area contributed by atoms with Crippen molar-refractivity contribution in [3.05, 3.63) is 65.0 Å². The number of aryl methyl sites for hydroxylation is 3. The number of urea groups is 1. The Hall–Kier alpha value is -3.35. The highest BCUT2D eigenvalue weighted by Gasteiger charge is 2.24. The summed E-state index contributed by atoms with van der Waals surface area (Å²) in [6.07, 6.45) is 1.81. The number of hydrogen-bond acceptors (Lipinski definition) is 5. The monoisotopic (exact) mass is 420 g/mol. The van der Waals surface area contributed by atoms with E-state index in [4.69, 9.17) is 9.26 Å². The molecule has 1 aliphatic rings. The molecule has 1 fully saturated rings. The van der Waals surface area contributed by atoms with E-state index in [1.54, 1.807) is 6.92 Å². The number of hydrogen-bond donors (Lipinski definition) is 1. The number of carbonyl (C=O) groups is 1. The van der Waals surface area contributed by atoms with Gasteiger partial charge < -0.3 is 19.5 Å². The van der Waals surface area contributed by atoms with Crippen molar-refractivity contribution in [1.82, 2.24) is 20.4 Å². The molecule has 1 saturated heterocycles. The van der Waals surface area contributed by atoms with E-state index in [1.807, 2.05) is 35.2 Å². The number of aromatic nitrogens is 2. The van der Waals surface area contributed by atoms with Crippen molar-refractivity contribution in [3.63, 3.8) is 0 Å². The van der Waals surface area contributed by atoms with Gasteiger partial charge in [-0.1, -0.05) is 35.5 Å². The molecule has 7 nitrogen and oxygen atoms in total. The molecule has 0 saturated carbocycles. The summed E-state index contributed by atoms with van der Waals surface area (Å²) in [6, 6.07) is 13.9. The molecule has 0 radical (unpaired) electrons. The number of benzene rings is 2. The number of para-hydroxylation sites is 1. The Morgan fingerprint density at radius 3 is 2.39 bits per heavy atom. The van der Waals surface area contributed by atoms with E-state index >= 15 is 0 Å². The smallest absolute Gasteiger partial charge is 0.317 e. The van der Waals surface area contributed by atoms with Crippen molar-refractivity contribution in [1.29, 1.82) is 0 Å². The molecule has 2 heterocycles. The highest BCUT2D eigenvalue weighted by atomic mass is 16.5. The van der Waals surface area contributed by atoms with Crippen LogP contribution in [0.5, 0.6) is 5.75 Å². The highest BCUT2D eigenvalue weighted by Crippen LogP contribution is 2.26. The van der Waals surface area contributed by atoms with Crippen molar-refractivity contribution >= 4 is 6.03 Å². The highest BCUT2D eigenvalue weighted by molar-refractivity contribution is 5.74. The Labute approximate surface area is 182 Å². The van der Waals surface area contributed by atoms with E-state index in [0.717, 1.165) is 40.8 Å². The fourth-order valence-corrected chi connectivity index (χ4v) is 3.80. The summed E-state index contributed by atoms with van der Waals surface area (Å²) in [4.78, 5) is 18.7. The Morgan fingerprint density at radius 2 is 1.77 bits per heavy atom. The van der Waals surface area contributed by atoms with Crippen molar-refractivity contribution in [2.24, 2.45) is 0 Å². The first-order valence-electron chi connectivity index (χ1n) is 10.6. The Bertz CT molecular complexity index is 1020. The summed E-state index contributed by atoms with van der Waals surface area (Å²) < 4.78 is 11.4. The summed E-state index contributed by atoms with van der Waals surface area (Å²) in [7, 11) is 0. The molecule has 3 aromatic rings. The van der Waals surface area contributed by atoms with Crippen LogP contribution in [-0.4, -0.2) is 40.3 Å². The fraction of sp³-hybridized carbons (Fsp3) is 0.375. The number of amides is 2. The second kappa shape index (κ2) is 9.20. The summed E-state index contributed by atoms with van der Waals surface area (Å²) >= 11 is 0. The average molecular weight is 421 g/mol. The van der Waals surface area contributed by atoms with Gasteiger partial charge in [-0.2, -0.15) is 4.98 Å². The van der Waals surface area contributed by atoms with Gasteiger partial charge in [0.25, 0.3) is 5.89 Å². The molecule has 0 aliphatic carbocycles. The van der Waals surface area contributed by atoms with Gasteiger partial charge in [-0.3, -0.25) is 0 Å². The SMILES string of the molecule is Cc1noc(-c2ccc(CNC(=O)N3CCC(Oc4c(C)cccc4C)CC3)cc2)n1. The minimum atomic E-state index is -0.0397. The van der Waals surface area contributed by atoms with E-state index in [9.17, 15) is 4.79 Å². The van der Waals surface area contributed by atoms with E-state index in [0.29, 0.717) is 31.3 Å². The third kappa shape index (κ3) is 5.05. The zero-order valence-electron chi connectivity index (χ0n) is 18.2. The molecular weight excluding hydrogens is 392 g/mol. The lowest BCUT2D eigenvalue weighted by molar-refractivity contribution is 0.110. The summed E-state index contributed by atoms with van der Waals surface area (Å²) in [6.45, 7) is 7.78. The van der Waals surface area contributed by atoms with Gasteiger partial charge in [0.05, 0.1) is 0 Å². The lowest BCUT2D eigenvalue weighted by Crippen LogP contribution is -2.46. The van der Waals surface area contributed by atoms with E-state index in [1.165, 1.54) is 0 Å². The number of ether oxygens (including phenoxy) is 1. The second-order valence-corrected chi connectivity index (χ2v) is 8.03. The molecule has 1 aliphatic heterocycles. The standard InChI is InChI=1S/C24H28N4O3/c1-16-5-4-6-17(2)22(16)30-21-11-13-28(14-12-21)24(29)25-15-19-7-9-20(10-8-19)23-26-18(3)27-31-23/h4-10,21H,11-15H2,1-3H3,(H,25,29). The Kier molecular flexibility index (Phi) is 6.21. The predicted molar refractivity (Wildman–Crippen MR) is 118 cm³/mol. The van der Waals surface area contributed by atoms with Crippen LogP contribution in [0, 0.1) is 20.8 Å². The van der Waals surface area contributed by atoms with Gasteiger partial charge in [-0.05, 0) is 49.6 Å². The predicted octanol–water partition coefficient (Wildman–Crippen LogP) is 4.41. The zero-order valence-corrected chi connectivity index (χ0v) is 18.2.